The Labute approximate surface area is 166 Å². The zero-order valence-corrected chi connectivity index (χ0v) is 16.4. The maximum absolute atomic E-state index is 13.0. The van der Waals surface area contributed by atoms with Gasteiger partial charge >= 0.3 is 0 Å². The van der Waals surface area contributed by atoms with E-state index in [1.165, 1.54) is 0 Å². The molecule has 0 saturated heterocycles. The molecule has 0 bridgehead atoms. The lowest BCUT2D eigenvalue weighted by Crippen LogP contribution is -2.27. The van der Waals surface area contributed by atoms with E-state index < -0.39 is 0 Å². The summed E-state index contributed by atoms with van der Waals surface area (Å²) in [5.74, 6) is -0.109. The van der Waals surface area contributed by atoms with E-state index in [0.29, 0.717) is 12.2 Å². The standard InChI is InChI=1S/C22H18BrN3O/c1-25(14-16-8-3-2-4-9-16)22(27)19-15-26-13-7-12-20(26)21(24-19)17-10-5-6-11-18(17)23/h2-13,15H,14H2,1H3. The second-order valence-electron chi connectivity index (χ2n) is 6.40. The minimum absolute atomic E-state index is 0.109. The molecule has 0 aliphatic heterocycles. The van der Waals surface area contributed by atoms with Crippen LogP contribution in [0.2, 0.25) is 0 Å². The van der Waals surface area contributed by atoms with Gasteiger partial charge in [-0.2, -0.15) is 0 Å². The third-order valence-electron chi connectivity index (χ3n) is 4.47. The first kappa shape index (κ1) is 17.5. The number of nitrogens with zero attached hydrogens (tertiary/aromatic N) is 3. The molecule has 2 aromatic heterocycles. The molecule has 0 aliphatic rings. The smallest absolute Gasteiger partial charge is 0.274 e. The molecule has 4 aromatic rings. The third kappa shape index (κ3) is 3.51. The Morgan fingerprint density at radius 2 is 1.78 bits per heavy atom. The van der Waals surface area contributed by atoms with Gasteiger partial charge in [-0.15, -0.1) is 0 Å². The number of halogens is 1. The van der Waals surface area contributed by atoms with Crippen LogP contribution in [0, 0.1) is 0 Å². The first-order chi connectivity index (χ1) is 13.1. The predicted octanol–water partition coefficient (Wildman–Crippen LogP) is 5.04. The summed E-state index contributed by atoms with van der Waals surface area (Å²) in [6.07, 6.45) is 3.73. The van der Waals surface area contributed by atoms with Crippen LogP contribution in [0.15, 0.2) is 83.6 Å². The summed E-state index contributed by atoms with van der Waals surface area (Å²) in [5, 5.41) is 0. The van der Waals surface area contributed by atoms with Gasteiger partial charge < -0.3 is 9.30 Å². The fourth-order valence-corrected chi connectivity index (χ4v) is 3.60. The highest BCUT2D eigenvalue weighted by molar-refractivity contribution is 9.10. The van der Waals surface area contributed by atoms with Crippen molar-refractivity contribution in [1.82, 2.24) is 14.3 Å². The Kier molecular flexibility index (Phi) is 4.77. The minimum Gasteiger partial charge on any atom is -0.336 e. The molecular weight excluding hydrogens is 402 g/mol. The van der Waals surface area contributed by atoms with E-state index in [1.807, 2.05) is 77.3 Å². The van der Waals surface area contributed by atoms with Crippen molar-refractivity contribution in [3.8, 4) is 11.3 Å². The molecular formula is C22H18BrN3O. The van der Waals surface area contributed by atoms with Crippen molar-refractivity contribution in [2.45, 2.75) is 6.54 Å². The lowest BCUT2D eigenvalue weighted by atomic mass is 10.1. The van der Waals surface area contributed by atoms with Crippen molar-refractivity contribution < 1.29 is 4.79 Å². The molecule has 0 N–H and O–H groups in total. The zero-order chi connectivity index (χ0) is 18.8. The fourth-order valence-electron chi connectivity index (χ4n) is 3.12. The number of hydrogen-bond donors (Lipinski definition) is 0. The number of amides is 1. The summed E-state index contributed by atoms with van der Waals surface area (Å²) in [5.41, 5.74) is 4.21. The number of hydrogen-bond acceptors (Lipinski definition) is 2. The van der Waals surface area contributed by atoms with Crippen molar-refractivity contribution in [3.05, 3.63) is 94.9 Å². The molecule has 0 unspecified atom stereocenters. The second kappa shape index (κ2) is 7.37. The van der Waals surface area contributed by atoms with Gasteiger partial charge in [-0.25, -0.2) is 4.98 Å². The molecule has 0 aliphatic carbocycles. The van der Waals surface area contributed by atoms with Crippen LogP contribution in [0.5, 0.6) is 0 Å². The number of carbonyl (C=O) groups excluding carboxylic acids is 1. The Balaban J connectivity index is 1.74. The summed E-state index contributed by atoms with van der Waals surface area (Å²) in [4.78, 5) is 19.4. The maximum atomic E-state index is 13.0. The van der Waals surface area contributed by atoms with Gasteiger partial charge in [0.05, 0.1) is 11.2 Å². The minimum atomic E-state index is -0.109. The van der Waals surface area contributed by atoms with Crippen molar-refractivity contribution in [3.63, 3.8) is 0 Å². The van der Waals surface area contributed by atoms with Gasteiger partial charge in [0.25, 0.3) is 5.91 Å². The van der Waals surface area contributed by atoms with Gasteiger partial charge in [-0.3, -0.25) is 4.79 Å². The van der Waals surface area contributed by atoms with Crippen molar-refractivity contribution in [2.24, 2.45) is 0 Å². The van der Waals surface area contributed by atoms with Crippen molar-refractivity contribution in [1.29, 1.82) is 0 Å². The second-order valence-corrected chi connectivity index (χ2v) is 7.26. The highest BCUT2D eigenvalue weighted by Crippen LogP contribution is 2.30. The average molecular weight is 420 g/mol. The molecule has 2 aromatic carbocycles. The van der Waals surface area contributed by atoms with Crippen LogP contribution < -0.4 is 0 Å². The van der Waals surface area contributed by atoms with Gasteiger partial charge in [0.1, 0.15) is 5.69 Å². The fraction of sp³-hybridized carbons (Fsp3) is 0.0909. The molecule has 4 nitrogen and oxygen atoms in total. The Morgan fingerprint density at radius 1 is 1.04 bits per heavy atom. The lowest BCUT2D eigenvalue weighted by molar-refractivity contribution is 0.0779. The van der Waals surface area contributed by atoms with Gasteiger partial charge in [-0.1, -0.05) is 64.5 Å². The third-order valence-corrected chi connectivity index (χ3v) is 5.16. The summed E-state index contributed by atoms with van der Waals surface area (Å²) in [6.45, 7) is 0.537. The van der Waals surface area contributed by atoms with Crippen LogP contribution >= 0.6 is 15.9 Å². The van der Waals surface area contributed by atoms with Crippen LogP contribution in [0.25, 0.3) is 16.8 Å². The summed E-state index contributed by atoms with van der Waals surface area (Å²) in [7, 11) is 1.80. The van der Waals surface area contributed by atoms with E-state index >= 15 is 0 Å². The molecule has 0 spiro atoms. The summed E-state index contributed by atoms with van der Waals surface area (Å²) < 4.78 is 2.90. The quantitative estimate of drug-likeness (QED) is 0.464. The Morgan fingerprint density at radius 3 is 2.56 bits per heavy atom. The monoisotopic (exact) mass is 419 g/mol. The highest BCUT2D eigenvalue weighted by Gasteiger charge is 2.18. The molecule has 0 fully saturated rings. The Bertz CT molecular complexity index is 1100. The van der Waals surface area contributed by atoms with Crippen LogP contribution in [0.1, 0.15) is 16.1 Å². The number of aromatic nitrogens is 2. The molecule has 2 heterocycles. The van der Waals surface area contributed by atoms with Crippen molar-refractivity contribution >= 4 is 27.4 Å². The summed E-state index contributed by atoms with van der Waals surface area (Å²) in [6, 6.07) is 21.8. The highest BCUT2D eigenvalue weighted by atomic mass is 79.9. The first-order valence-corrected chi connectivity index (χ1v) is 9.45. The molecule has 0 radical (unpaired) electrons. The van der Waals surface area contributed by atoms with E-state index in [9.17, 15) is 4.79 Å². The van der Waals surface area contributed by atoms with E-state index in [1.54, 1.807) is 18.1 Å². The van der Waals surface area contributed by atoms with E-state index in [2.05, 4.69) is 15.9 Å². The molecule has 0 atom stereocenters. The number of carbonyl (C=O) groups is 1. The number of rotatable bonds is 4. The van der Waals surface area contributed by atoms with Crippen LogP contribution in [-0.4, -0.2) is 27.2 Å². The van der Waals surface area contributed by atoms with Crippen molar-refractivity contribution in [2.75, 3.05) is 7.05 Å². The maximum Gasteiger partial charge on any atom is 0.274 e. The van der Waals surface area contributed by atoms with Gasteiger partial charge in [-0.05, 0) is 23.8 Å². The summed E-state index contributed by atoms with van der Waals surface area (Å²) >= 11 is 3.60. The lowest BCUT2D eigenvalue weighted by Gasteiger charge is -2.18. The van der Waals surface area contributed by atoms with Gasteiger partial charge in [0, 0.05) is 36.0 Å². The predicted molar refractivity (Wildman–Crippen MR) is 111 cm³/mol. The van der Waals surface area contributed by atoms with E-state index in [4.69, 9.17) is 4.98 Å². The van der Waals surface area contributed by atoms with Gasteiger partial charge in [0.2, 0.25) is 0 Å². The van der Waals surface area contributed by atoms with E-state index in [0.717, 1.165) is 26.8 Å². The van der Waals surface area contributed by atoms with Crippen LogP contribution in [-0.2, 0) is 6.54 Å². The molecule has 4 rings (SSSR count). The molecule has 1 amide bonds. The Hall–Kier alpha value is -2.92. The van der Waals surface area contributed by atoms with Crippen LogP contribution in [0.4, 0.5) is 0 Å². The molecule has 134 valence electrons. The normalized spacial score (nSPS) is 10.9. The number of fused-ring (bicyclic) bond motifs is 1. The van der Waals surface area contributed by atoms with Crippen LogP contribution in [0.3, 0.4) is 0 Å². The van der Waals surface area contributed by atoms with E-state index in [-0.39, 0.29) is 5.91 Å². The first-order valence-electron chi connectivity index (χ1n) is 8.65. The van der Waals surface area contributed by atoms with Gasteiger partial charge in [0.15, 0.2) is 0 Å². The average Bonchev–Trinajstić information content (AvgIpc) is 3.16. The zero-order valence-electron chi connectivity index (χ0n) is 14.8. The number of benzene rings is 2. The molecule has 27 heavy (non-hydrogen) atoms. The molecule has 0 saturated carbocycles. The topological polar surface area (TPSA) is 37.6 Å². The largest absolute Gasteiger partial charge is 0.336 e. The molecule has 5 heteroatoms. The SMILES string of the molecule is CN(Cc1ccccc1)C(=O)c1cn2cccc2c(-c2ccccc2Br)n1.